The summed E-state index contributed by atoms with van der Waals surface area (Å²) in [6, 6.07) is 26.4. The van der Waals surface area contributed by atoms with Gasteiger partial charge in [0.05, 0.1) is 12.6 Å². The van der Waals surface area contributed by atoms with Crippen molar-refractivity contribution in [2.45, 2.75) is 19.5 Å². The lowest BCUT2D eigenvalue weighted by atomic mass is 9.98. The van der Waals surface area contributed by atoms with Crippen LogP contribution in [0.15, 0.2) is 78.9 Å². The Balaban J connectivity index is 1.81. The van der Waals surface area contributed by atoms with Crippen LogP contribution in [0.25, 0.3) is 0 Å². The molecule has 128 valence electrons. The fourth-order valence-corrected chi connectivity index (χ4v) is 2.88. The van der Waals surface area contributed by atoms with Crippen LogP contribution < -0.4 is 10.1 Å². The summed E-state index contributed by atoms with van der Waals surface area (Å²) in [6.07, 6.45) is 0. The van der Waals surface area contributed by atoms with Crippen LogP contribution in [-0.4, -0.2) is 11.7 Å². The van der Waals surface area contributed by atoms with E-state index in [0.717, 1.165) is 5.56 Å². The van der Waals surface area contributed by atoms with E-state index < -0.39 is 0 Å². The second-order valence-electron chi connectivity index (χ2n) is 5.87. The molecular formula is C22H23NO2. The number of aromatic hydroxyl groups is 1. The Morgan fingerprint density at radius 3 is 2.04 bits per heavy atom. The van der Waals surface area contributed by atoms with Crippen molar-refractivity contribution in [2.24, 2.45) is 0 Å². The molecular weight excluding hydrogens is 310 g/mol. The zero-order valence-corrected chi connectivity index (χ0v) is 14.4. The van der Waals surface area contributed by atoms with Gasteiger partial charge in [-0.05, 0) is 35.7 Å². The molecule has 3 nitrogen and oxygen atoms in total. The van der Waals surface area contributed by atoms with Gasteiger partial charge in [-0.15, -0.1) is 0 Å². The third-order valence-corrected chi connectivity index (χ3v) is 4.10. The Labute approximate surface area is 148 Å². The highest BCUT2D eigenvalue weighted by molar-refractivity contribution is 5.42. The molecule has 0 radical (unpaired) electrons. The van der Waals surface area contributed by atoms with Crippen LogP contribution in [0.2, 0.25) is 0 Å². The normalized spacial score (nSPS) is 10.8. The molecule has 0 unspecified atom stereocenters. The minimum Gasteiger partial charge on any atom is -0.504 e. The predicted octanol–water partition coefficient (Wildman–Crippen LogP) is 4.67. The van der Waals surface area contributed by atoms with Gasteiger partial charge >= 0.3 is 0 Å². The first-order valence-electron chi connectivity index (χ1n) is 8.56. The first-order chi connectivity index (χ1) is 12.3. The maximum atomic E-state index is 9.85. The highest BCUT2D eigenvalue weighted by Gasteiger charge is 2.13. The third-order valence-electron chi connectivity index (χ3n) is 4.10. The number of benzene rings is 3. The number of rotatable bonds is 7. The van der Waals surface area contributed by atoms with Crippen LogP contribution in [0.3, 0.4) is 0 Å². The summed E-state index contributed by atoms with van der Waals surface area (Å²) in [5.74, 6) is 0.700. The van der Waals surface area contributed by atoms with E-state index in [0.29, 0.717) is 18.9 Å². The van der Waals surface area contributed by atoms with E-state index in [4.69, 9.17) is 4.74 Å². The summed E-state index contributed by atoms with van der Waals surface area (Å²) in [4.78, 5) is 0. The number of phenolic OH excluding ortho intramolecular Hbond substituents is 1. The minimum atomic E-state index is 0.103. The van der Waals surface area contributed by atoms with Gasteiger partial charge in [-0.2, -0.15) is 0 Å². The van der Waals surface area contributed by atoms with Gasteiger partial charge in [0.1, 0.15) is 0 Å². The largest absolute Gasteiger partial charge is 0.504 e. The molecule has 3 rings (SSSR count). The monoisotopic (exact) mass is 333 g/mol. The summed E-state index contributed by atoms with van der Waals surface area (Å²) in [6.45, 7) is 3.11. The Hall–Kier alpha value is -2.78. The van der Waals surface area contributed by atoms with Crippen LogP contribution in [0.4, 0.5) is 0 Å². The van der Waals surface area contributed by atoms with Crippen LogP contribution >= 0.6 is 0 Å². The van der Waals surface area contributed by atoms with Gasteiger partial charge in [0.15, 0.2) is 11.5 Å². The van der Waals surface area contributed by atoms with E-state index in [1.54, 1.807) is 6.07 Å². The lowest BCUT2D eigenvalue weighted by Crippen LogP contribution is -2.22. The molecule has 3 aromatic carbocycles. The average Bonchev–Trinajstić information content (AvgIpc) is 2.66. The van der Waals surface area contributed by atoms with Gasteiger partial charge in [-0.25, -0.2) is 0 Å². The van der Waals surface area contributed by atoms with Crippen LogP contribution in [0, 0.1) is 0 Å². The SMILES string of the molecule is CCOc1cc(CNC(c2ccccc2)c2ccccc2)ccc1O. The quantitative estimate of drug-likeness (QED) is 0.660. The standard InChI is InChI=1S/C22H23NO2/c1-2-25-21-15-17(13-14-20(21)24)16-23-22(18-9-5-3-6-10-18)19-11-7-4-8-12-19/h3-15,22-24H,2,16H2,1H3. The fourth-order valence-electron chi connectivity index (χ4n) is 2.88. The molecule has 0 saturated heterocycles. The van der Waals surface area contributed by atoms with Crippen molar-refractivity contribution in [1.82, 2.24) is 5.32 Å². The molecule has 0 spiro atoms. The lowest BCUT2D eigenvalue weighted by molar-refractivity contribution is 0.317. The zero-order valence-electron chi connectivity index (χ0n) is 14.4. The van der Waals surface area contributed by atoms with E-state index in [2.05, 4.69) is 53.8 Å². The van der Waals surface area contributed by atoms with Gasteiger partial charge in [0, 0.05) is 6.54 Å². The summed E-state index contributed by atoms with van der Waals surface area (Å²) >= 11 is 0. The van der Waals surface area contributed by atoms with E-state index in [1.165, 1.54) is 11.1 Å². The molecule has 2 N–H and O–H groups in total. The first-order valence-corrected chi connectivity index (χ1v) is 8.56. The summed E-state index contributed by atoms with van der Waals surface area (Å²) in [7, 11) is 0. The first kappa shape index (κ1) is 17.1. The summed E-state index contributed by atoms with van der Waals surface area (Å²) < 4.78 is 5.48. The Kier molecular flexibility index (Phi) is 5.70. The van der Waals surface area contributed by atoms with Crippen molar-refractivity contribution in [2.75, 3.05) is 6.61 Å². The zero-order chi connectivity index (χ0) is 17.5. The predicted molar refractivity (Wildman–Crippen MR) is 101 cm³/mol. The number of hydrogen-bond acceptors (Lipinski definition) is 3. The molecule has 0 aromatic heterocycles. The maximum absolute atomic E-state index is 9.85. The van der Waals surface area contributed by atoms with E-state index in [1.807, 2.05) is 31.2 Å². The van der Waals surface area contributed by atoms with E-state index in [-0.39, 0.29) is 11.8 Å². The van der Waals surface area contributed by atoms with Crippen LogP contribution in [0.5, 0.6) is 11.5 Å². The van der Waals surface area contributed by atoms with Crippen molar-refractivity contribution < 1.29 is 9.84 Å². The van der Waals surface area contributed by atoms with Gasteiger partial charge in [-0.3, -0.25) is 0 Å². The number of hydrogen-bond donors (Lipinski definition) is 2. The van der Waals surface area contributed by atoms with Crippen molar-refractivity contribution in [3.05, 3.63) is 95.6 Å². The molecule has 3 heteroatoms. The minimum absolute atomic E-state index is 0.103. The summed E-state index contributed by atoms with van der Waals surface area (Å²) in [5.41, 5.74) is 3.51. The van der Waals surface area contributed by atoms with Gasteiger partial charge < -0.3 is 15.2 Å². The second kappa shape index (κ2) is 8.36. The molecule has 0 aliphatic rings. The molecule has 3 aromatic rings. The molecule has 0 aliphatic carbocycles. The molecule has 0 aliphatic heterocycles. The second-order valence-corrected chi connectivity index (χ2v) is 5.87. The molecule has 0 bridgehead atoms. The van der Waals surface area contributed by atoms with Crippen molar-refractivity contribution in [1.29, 1.82) is 0 Å². The number of nitrogens with one attached hydrogen (secondary N) is 1. The maximum Gasteiger partial charge on any atom is 0.161 e. The molecule has 0 amide bonds. The Morgan fingerprint density at radius 2 is 1.48 bits per heavy atom. The molecule has 0 atom stereocenters. The van der Waals surface area contributed by atoms with Crippen molar-refractivity contribution in [3.63, 3.8) is 0 Å². The highest BCUT2D eigenvalue weighted by atomic mass is 16.5. The van der Waals surface area contributed by atoms with Crippen molar-refractivity contribution >= 4 is 0 Å². The topological polar surface area (TPSA) is 41.5 Å². The number of ether oxygens (including phenoxy) is 1. The van der Waals surface area contributed by atoms with E-state index in [9.17, 15) is 5.11 Å². The van der Waals surface area contributed by atoms with Crippen molar-refractivity contribution in [3.8, 4) is 11.5 Å². The molecule has 0 fully saturated rings. The molecule has 0 saturated carbocycles. The van der Waals surface area contributed by atoms with Crippen LogP contribution in [-0.2, 0) is 6.54 Å². The van der Waals surface area contributed by atoms with E-state index >= 15 is 0 Å². The summed E-state index contributed by atoms with van der Waals surface area (Å²) in [5, 5.41) is 13.5. The third kappa shape index (κ3) is 4.40. The van der Waals surface area contributed by atoms with Gasteiger partial charge in [-0.1, -0.05) is 66.7 Å². The Morgan fingerprint density at radius 1 is 0.880 bits per heavy atom. The van der Waals surface area contributed by atoms with Gasteiger partial charge in [0.25, 0.3) is 0 Å². The lowest BCUT2D eigenvalue weighted by Gasteiger charge is -2.20. The van der Waals surface area contributed by atoms with Crippen LogP contribution in [0.1, 0.15) is 29.7 Å². The smallest absolute Gasteiger partial charge is 0.161 e. The molecule has 25 heavy (non-hydrogen) atoms. The molecule has 0 heterocycles. The van der Waals surface area contributed by atoms with Gasteiger partial charge in [0.2, 0.25) is 0 Å². The average molecular weight is 333 g/mol. The fraction of sp³-hybridized carbons (Fsp3) is 0.182. The highest BCUT2D eigenvalue weighted by Crippen LogP contribution is 2.28. The number of phenols is 1. The Bertz CT molecular complexity index is 748.